The summed E-state index contributed by atoms with van der Waals surface area (Å²) in [6, 6.07) is 47.9. The van der Waals surface area contributed by atoms with Crippen LogP contribution in [-0.2, 0) is 0 Å². The molecule has 0 bridgehead atoms. The Hall–Kier alpha value is -5.34. The van der Waals surface area contributed by atoms with Gasteiger partial charge < -0.3 is 9.40 Å². The van der Waals surface area contributed by atoms with Gasteiger partial charge in [-0.3, -0.25) is 0 Å². The molecule has 0 unspecified atom stereocenters. The van der Waals surface area contributed by atoms with Gasteiger partial charge in [-0.15, -0.1) is 0 Å². The van der Waals surface area contributed by atoms with Crippen LogP contribution in [0.5, 0.6) is 0 Å². The summed E-state index contributed by atoms with van der Waals surface area (Å²) >= 11 is 0. The Balaban J connectivity index is 1.29. The van der Waals surface area contributed by atoms with Crippen molar-refractivity contribution in [3.8, 4) is 22.3 Å². The van der Waals surface area contributed by atoms with Crippen LogP contribution < -0.4 is 0 Å². The van der Waals surface area contributed by atoms with Crippen LogP contribution >= 0.6 is 0 Å². The number of para-hydroxylation sites is 2. The molecule has 0 saturated heterocycles. The number of benzene rings is 7. The van der Waals surface area contributed by atoms with Gasteiger partial charge in [-0.2, -0.15) is 0 Å². The minimum Gasteiger partial charge on any atom is -0.456 e. The van der Waals surface area contributed by atoms with Crippen LogP contribution in [0.4, 0.5) is 0 Å². The quantitative estimate of drug-likeness (QED) is 0.247. The molecule has 9 rings (SSSR count). The molecule has 0 aliphatic rings. The molecule has 0 aliphatic heterocycles. The molecule has 0 amide bonds. The fraction of sp³-hybridized carbons (Fsp3) is 0. The van der Waals surface area contributed by atoms with Gasteiger partial charge in [-0.25, -0.2) is 0 Å². The van der Waals surface area contributed by atoms with Crippen LogP contribution in [0.25, 0.3) is 87.5 Å². The predicted octanol–water partition coefficient (Wildman–Crippen LogP) is 10.9. The van der Waals surface area contributed by atoms with E-state index in [9.17, 15) is 0 Å². The Morgan fingerprint density at radius 1 is 0.425 bits per heavy atom. The third-order valence-corrected chi connectivity index (χ3v) is 8.42. The van der Waals surface area contributed by atoms with E-state index in [-0.39, 0.29) is 0 Å². The van der Waals surface area contributed by atoms with Crippen molar-refractivity contribution in [2.24, 2.45) is 0 Å². The van der Waals surface area contributed by atoms with Gasteiger partial charge in [0, 0.05) is 32.6 Å². The highest BCUT2D eigenvalue weighted by Gasteiger charge is 2.15. The van der Waals surface area contributed by atoms with Gasteiger partial charge in [0.15, 0.2) is 0 Å². The lowest BCUT2D eigenvalue weighted by atomic mass is 9.91. The van der Waals surface area contributed by atoms with Crippen molar-refractivity contribution in [2.45, 2.75) is 0 Å². The molecule has 186 valence electrons. The van der Waals surface area contributed by atoms with E-state index in [1.54, 1.807) is 0 Å². The largest absolute Gasteiger partial charge is 0.456 e. The SMILES string of the molecule is c1ccc2c(c1)ccc1[nH]c3c(-c4cccc5c(-c6ccc7oc8ccccc8c7c6)cccc45)cccc3c12. The molecule has 0 fully saturated rings. The normalized spacial score (nSPS) is 12.0. The van der Waals surface area contributed by atoms with Crippen molar-refractivity contribution in [1.29, 1.82) is 0 Å². The number of H-pyrrole nitrogens is 1. The zero-order valence-electron chi connectivity index (χ0n) is 21.6. The average Bonchev–Trinajstić information content (AvgIpc) is 3.59. The minimum absolute atomic E-state index is 0.920. The van der Waals surface area contributed by atoms with Gasteiger partial charge in [0.05, 0.1) is 5.52 Å². The predicted molar refractivity (Wildman–Crippen MR) is 169 cm³/mol. The molecular weight excluding hydrogens is 486 g/mol. The van der Waals surface area contributed by atoms with Crippen LogP contribution in [0.1, 0.15) is 0 Å². The van der Waals surface area contributed by atoms with Gasteiger partial charge in [0.25, 0.3) is 0 Å². The summed E-state index contributed by atoms with van der Waals surface area (Å²) in [5.74, 6) is 0. The summed E-state index contributed by atoms with van der Waals surface area (Å²) in [6.07, 6.45) is 0. The van der Waals surface area contributed by atoms with E-state index < -0.39 is 0 Å². The molecule has 2 heteroatoms. The lowest BCUT2D eigenvalue weighted by Crippen LogP contribution is -1.86. The second-order valence-electron chi connectivity index (χ2n) is 10.6. The van der Waals surface area contributed by atoms with Crippen LogP contribution in [0.15, 0.2) is 138 Å². The highest BCUT2D eigenvalue weighted by molar-refractivity contribution is 6.23. The maximum absolute atomic E-state index is 6.10. The first-order valence-corrected chi connectivity index (χ1v) is 13.7. The number of fused-ring (bicyclic) bond motifs is 9. The second-order valence-corrected chi connectivity index (χ2v) is 10.6. The third-order valence-electron chi connectivity index (χ3n) is 8.42. The maximum Gasteiger partial charge on any atom is 0.135 e. The van der Waals surface area contributed by atoms with Crippen LogP contribution in [0.3, 0.4) is 0 Å². The molecule has 0 spiro atoms. The van der Waals surface area contributed by atoms with E-state index in [1.165, 1.54) is 65.6 Å². The monoisotopic (exact) mass is 509 g/mol. The number of hydrogen-bond acceptors (Lipinski definition) is 1. The summed E-state index contributed by atoms with van der Waals surface area (Å²) < 4.78 is 6.10. The molecule has 2 nitrogen and oxygen atoms in total. The zero-order chi connectivity index (χ0) is 26.2. The van der Waals surface area contributed by atoms with E-state index in [0.29, 0.717) is 0 Å². The summed E-state index contributed by atoms with van der Waals surface area (Å²) in [4.78, 5) is 3.77. The standard InChI is InChI=1S/C38H23NO/c1-2-9-26-23(8-1)18-20-34-37(26)32-16-7-15-31(38(32)39-34)29-14-6-12-27-25(11-5-13-28(27)29)24-19-21-36-33(22-24)30-10-3-4-17-35(30)40-36/h1-22,39H. The van der Waals surface area contributed by atoms with E-state index in [4.69, 9.17) is 4.42 Å². The fourth-order valence-electron chi connectivity index (χ4n) is 6.61. The maximum atomic E-state index is 6.10. The molecule has 2 heterocycles. The molecule has 0 radical (unpaired) electrons. The summed E-state index contributed by atoms with van der Waals surface area (Å²) in [5, 5.41) is 9.88. The lowest BCUT2D eigenvalue weighted by Gasteiger charge is -2.12. The van der Waals surface area contributed by atoms with Gasteiger partial charge in [-0.05, 0) is 62.5 Å². The number of nitrogens with one attached hydrogen (secondary N) is 1. The lowest BCUT2D eigenvalue weighted by molar-refractivity contribution is 0.669. The van der Waals surface area contributed by atoms with Crippen LogP contribution in [0, 0.1) is 0 Å². The molecule has 0 atom stereocenters. The van der Waals surface area contributed by atoms with Crippen molar-refractivity contribution >= 4 is 65.3 Å². The first-order chi connectivity index (χ1) is 19.8. The Kier molecular flexibility index (Phi) is 4.36. The Bertz CT molecular complexity index is 2440. The second kappa shape index (κ2) is 8.08. The molecule has 0 saturated carbocycles. The fourth-order valence-corrected chi connectivity index (χ4v) is 6.61. The van der Waals surface area contributed by atoms with Crippen molar-refractivity contribution in [3.05, 3.63) is 133 Å². The average molecular weight is 510 g/mol. The molecular formula is C38H23NO. The zero-order valence-corrected chi connectivity index (χ0v) is 21.6. The van der Waals surface area contributed by atoms with Crippen LogP contribution in [-0.4, -0.2) is 4.98 Å². The first-order valence-electron chi connectivity index (χ1n) is 13.7. The van der Waals surface area contributed by atoms with Crippen LogP contribution in [0.2, 0.25) is 0 Å². The first kappa shape index (κ1) is 21.6. The Labute approximate surface area is 230 Å². The summed E-state index contributed by atoms with van der Waals surface area (Å²) in [7, 11) is 0. The highest BCUT2D eigenvalue weighted by atomic mass is 16.3. The number of aromatic nitrogens is 1. The van der Waals surface area contributed by atoms with Gasteiger partial charge in [-0.1, -0.05) is 109 Å². The Morgan fingerprint density at radius 2 is 1.10 bits per heavy atom. The molecule has 7 aromatic carbocycles. The van der Waals surface area contributed by atoms with Gasteiger partial charge in [0.2, 0.25) is 0 Å². The molecule has 9 aromatic rings. The van der Waals surface area contributed by atoms with Crippen molar-refractivity contribution in [2.75, 3.05) is 0 Å². The van der Waals surface area contributed by atoms with E-state index in [1.807, 2.05) is 12.1 Å². The van der Waals surface area contributed by atoms with Crippen molar-refractivity contribution in [3.63, 3.8) is 0 Å². The molecule has 2 aromatic heterocycles. The number of hydrogen-bond donors (Lipinski definition) is 1. The topological polar surface area (TPSA) is 28.9 Å². The highest BCUT2D eigenvalue weighted by Crippen LogP contribution is 2.41. The number of rotatable bonds is 2. The van der Waals surface area contributed by atoms with Gasteiger partial charge >= 0.3 is 0 Å². The Morgan fingerprint density at radius 3 is 2.00 bits per heavy atom. The smallest absolute Gasteiger partial charge is 0.135 e. The molecule has 40 heavy (non-hydrogen) atoms. The van der Waals surface area contributed by atoms with Crippen molar-refractivity contribution < 1.29 is 4.42 Å². The van der Waals surface area contributed by atoms with E-state index >= 15 is 0 Å². The summed E-state index contributed by atoms with van der Waals surface area (Å²) in [5.41, 5.74) is 9.06. The minimum atomic E-state index is 0.920. The van der Waals surface area contributed by atoms with Gasteiger partial charge in [0.1, 0.15) is 11.2 Å². The molecule has 0 aliphatic carbocycles. The summed E-state index contributed by atoms with van der Waals surface area (Å²) in [6.45, 7) is 0. The molecule has 1 N–H and O–H groups in total. The van der Waals surface area contributed by atoms with E-state index in [0.717, 1.165) is 21.9 Å². The van der Waals surface area contributed by atoms with E-state index in [2.05, 4.69) is 126 Å². The van der Waals surface area contributed by atoms with Crippen molar-refractivity contribution in [1.82, 2.24) is 4.98 Å². The number of furan rings is 1. The third kappa shape index (κ3) is 2.99. The number of aromatic amines is 1.